The number of likely N-dealkylation sites (tertiary alicyclic amines) is 1. The number of alkyl halides is 3. The van der Waals surface area contributed by atoms with Gasteiger partial charge in [-0.15, -0.1) is 13.2 Å². The van der Waals surface area contributed by atoms with Crippen LogP contribution in [0.15, 0.2) is 29.2 Å². The largest absolute Gasteiger partial charge is 0.573 e. The maximum absolute atomic E-state index is 12.7. The molecule has 10 heteroatoms. The van der Waals surface area contributed by atoms with Gasteiger partial charge in [0.05, 0.1) is 11.0 Å². The molecule has 0 bridgehead atoms. The normalized spacial score (nSPS) is 24.1. The first kappa shape index (κ1) is 19.4. The fourth-order valence-corrected chi connectivity index (χ4v) is 4.98. The maximum atomic E-state index is 12.7. The van der Waals surface area contributed by atoms with E-state index in [0.717, 1.165) is 37.2 Å². The lowest BCUT2D eigenvalue weighted by molar-refractivity contribution is -0.274. The second kappa shape index (κ2) is 7.34. The number of halogens is 3. The first-order chi connectivity index (χ1) is 12.1. The molecule has 0 saturated carbocycles. The third-order valence-corrected chi connectivity index (χ3v) is 6.74. The molecule has 1 atom stereocenters. The zero-order valence-corrected chi connectivity index (χ0v) is 14.8. The van der Waals surface area contributed by atoms with Gasteiger partial charge in [-0.1, -0.05) is 0 Å². The van der Waals surface area contributed by atoms with Crippen molar-refractivity contribution in [2.24, 2.45) is 0 Å². The summed E-state index contributed by atoms with van der Waals surface area (Å²) in [5.41, 5.74) is 0. The molecule has 2 heterocycles. The van der Waals surface area contributed by atoms with Gasteiger partial charge in [-0.05, 0) is 43.5 Å². The van der Waals surface area contributed by atoms with Crippen molar-refractivity contribution < 1.29 is 31.4 Å². The summed E-state index contributed by atoms with van der Waals surface area (Å²) in [5.74, 6) is -0.456. The summed E-state index contributed by atoms with van der Waals surface area (Å²) in [5, 5.41) is 9.62. The van der Waals surface area contributed by atoms with Crippen molar-refractivity contribution >= 4 is 10.0 Å². The Morgan fingerprint density at radius 1 is 1.04 bits per heavy atom. The van der Waals surface area contributed by atoms with Gasteiger partial charge in [0.2, 0.25) is 10.0 Å². The Bertz CT molecular complexity index is 716. The summed E-state index contributed by atoms with van der Waals surface area (Å²) in [4.78, 5) is 2.14. The number of benzene rings is 1. The molecule has 0 amide bonds. The number of hydrogen-bond donors (Lipinski definition) is 1. The van der Waals surface area contributed by atoms with Crippen molar-refractivity contribution in [1.82, 2.24) is 9.21 Å². The first-order valence-corrected chi connectivity index (χ1v) is 9.87. The average Bonchev–Trinajstić information content (AvgIpc) is 3.00. The molecule has 0 aliphatic carbocycles. The zero-order chi connectivity index (χ0) is 18.9. The van der Waals surface area contributed by atoms with Crippen LogP contribution < -0.4 is 4.74 Å². The molecule has 1 N–H and O–H groups in total. The van der Waals surface area contributed by atoms with Crippen LogP contribution >= 0.6 is 0 Å². The third-order valence-electron chi connectivity index (χ3n) is 4.83. The van der Waals surface area contributed by atoms with Crippen LogP contribution in [0.3, 0.4) is 0 Å². The van der Waals surface area contributed by atoms with Gasteiger partial charge >= 0.3 is 6.36 Å². The van der Waals surface area contributed by atoms with Gasteiger partial charge in [0.25, 0.3) is 0 Å². The minimum atomic E-state index is -4.81. The Morgan fingerprint density at radius 2 is 1.65 bits per heavy atom. The van der Waals surface area contributed by atoms with Gasteiger partial charge in [0, 0.05) is 32.2 Å². The lowest BCUT2D eigenvalue weighted by Crippen LogP contribution is -2.46. The number of nitrogens with zero attached hydrogens (tertiary/aromatic N) is 2. The van der Waals surface area contributed by atoms with Crippen molar-refractivity contribution in [3.63, 3.8) is 0 Å². The zero-order valence-electron chi connectivity index (χ0n) is 14.0. The van der Waals surface area contributed by atoms with Crippen LogP contribution in [0.1, 0.15) is 19.3 Å². The minimum absolute atomic E-state index is 0.0536. The van der Waals surface area contributed by atoms with E-state index in [1.54, 1.807) is 0 Å². The van der Waals surface area contributed by atoms with Crippen molar-refractivity contribution in [3.05, 3.63) is 24.3 Å². The van der Waals surface area contributed by atoms with Crippen LogP contribution in [0.2, 0.25) is 0 Å². The number of hydrogen-bond acceptors (Lipinski definition) is 5. The van der Waals surface area contributed by atoms with Crippen molar-refractivity contribution in [1.29, 1.82) is 0 Å². The van der Waals surface area contributed by atoms with E-state index in [4.69, 9.17) is 0 Å². The van der Waals surface area contributed by atoms with Crippen LogP contribution in [0.4, 0.5) is 13.2 Å². The molecule has 0 aromatic heterocycles. The smallest absolute Gasteiger partial charge is 0.406 e. The number of sulfonamides is 1. The van der Waals surface area contributed by atoms with E-state index in [2.05, 4.69) is 9.64 Å². The van der Waals surface area contributed by atoms with Gasteiger partial charge in [-0.25, -0.2) is 8.42 Å². The summed E-state index contributed by atoms with van der Waals surface area (Å²) in [7, 11) is -3.75. The molecule has 1 unspecified atom stereocenters. The molecule has 3 rings (SSSR count). The Kier molecular flexibility index (Phi) is 5.48. The van der Waals surface area contributed by atoms with E-state index in [1.165, 1.54) is 4.31 Å². The second-order valence-corrected chi connectivity index (χ2v) is 8.53. The fraction of sp³-hybridized carbons (Fsp3) is 0.625. The first-order valence-electron chi connectivity index (χ1n) is 8.43. The van der Waals surface area contributed by atoms with Gasteiger partial charge in [-0.2, -0.15) is 4.31 Å². The summed E-state index contributed by atoms with van der Waals surface area (Å²) < 4.78 is 67.0. The highest BCUT2D eigenvalue weighted by Gasteiger charge is 2.34. The molecule has 2 fully saturated rings. The minimum Gasteiger partial charge on any atom is -0.406 e. The topological polar surface area (TPSA) is 70.1 Å². The van der Waals surface area contributed by atoms with E-state index < -0.39 is 22.1 Å². The average molecular weight is 394 g/mol. The number of aliphatic hydroxyl groups is 1. The molecule has 1 aromatic carbocycles. The number of ether oxygens (including phenoxy) is 1. The predicted molar refractivity (Wildman–Crippen MR) is 87.1 cm³/mol. The predicted octanol–water partition coefficient (Wildman–Crippen LogP) is 1.80. The van der Waals surface area contributed by atoms with E-state index >= 15 is 0 Å². The fourth-order valence-electron chi connectivity index (χ4n) is 3.51. The lowest BCUT2D eigenvalue weighted by Gasteiger charge is -2.36. The van der Waals surface area contributed by atoms with Crippen LogP contribution in [0.25, 0.3) is 0 Å². The Balaban J connectivity index is 1.62. The van der Waals surface area contributed by atoms with E-state index in [0.29, 0.717) is 32.5 Å². The molecule has 6 nitrogen and oxygen atoms in total. The Hall–Kier alpha value is -1.36. The molecule has 2 aliphatic heterocycles. The van der Waals surface area contributed by atoms with Crippen LogP contribution in [0.5, 0.6) is 5.75 Å². The molecule has 146 valence electrons. The maximum Gasteiger partial charge on any atom is 0.573 e. The van der Waals surface area contributed by atoms with Crippen LogP contribution in [-0.4, -0.2) is 67.4 Å². The number of rotatable bonds is 4. The van der Waals surface area contributed by atoms with Crippen molar-refractivity contribution in [2.75, 3.05) is 26.2 Å². The highest BCUT2D eigenvalue weighted by Crippen LogP contribution is 2.28. The monoisotopic (exact) mass is 394 g/mol. The van der Waals surface area contributed by atoms with E-state index in [9.17, 15) is 26.7 Å². The number of aliphatic hydroxyl groups excluding tert-OH is 1. The van der Waals surface area contributed by atoms with Gasteiger partial charge in [-0.3, -0.25) is 4.90 Å². The SMILES string of the molecule is O=S(=O)(c1ccc(OC(F)(F)F)cc1)N1CCC(N2CCC(O)C2)CC1. The molecule has 0 spiro atoms. The Morgan fingerprint density at radius 3 is 2.15 bits per heavy atom. The standard InChI is InChI=1S/C16H21F3N2O4S/c17-16(18,19)25-14-1-3-15(4-2-14)26(23,24)21-9-5-12(6-10-21)20-8-7-13(22)11-20/h1-4,12-13,22H,5-11H2. The van der Waals surface area contributed by atoms with Gasteiger partial charge in [0.15, 0.2) is 0 Å². The second-order valence-electron chi connectivity index (χ2n) is 6.59. The molecule has 2 aliphatic rings. The van der Waals surface area contributed by atoms with Crippen molar-refractivity contribution in [2.45, 2.75) is 42.7 Å². The summed E-state index contributed by atoms with van der Waals surface area (Å²) in [6.07, 6.45) is -3.05. The molecular weight excluding hydrogens is 373 g/mol. The summed E-state index contributed by atoms with van der Waals surface area (Å²) >= 11 is 0. The van der Waals surface area contributed by atoms with Crippen molar-refractivity contribution in [3.8, 4) is 5.75 Å². The highest BCUT2D eigenvalue weighted by atomic mass is 32.2. The molecule has 0 radical (unpaired) electrons. The van der Waals surface area contributed by atoms with Gasteiger partial charge in [0.1, 0.15) is 5.75 Å². The summed E-state index contributed by atoms with van der Waals surface area (Å²) in [6, 6.07) is 4.50. The Labute approximate surface area is 150 Å². The number of piperidine rings is 1. The van der Waals surface area contributed by atoms with Crippen LogP contribution in [-0.2, 0) is 10.0 Å². The summed E-state index contributed by atoms with van der Waals surface area (Å²) in [6.45, 7) is 2.14. The lowest BCUT2D eigenvalue weighted by atomic mass is 10.1. The molecular formula is C16H21F3N2O4S. The quantitative estimate of drug-likeness (QED) is 0.844. The molecule has 1 aromatic rings. The molecule has 2 saturated heterocycles. The van der Waals surface area contributed by atoms with E-state index in [1.807, 2.05) is 0 Å². The number of β-amino-alcohol motifs (C(OH)–C–C–N with tert-alkyl or cyclic N) is 1. The van der Waals surface area contributed by atoms with E-state index in [-0.39, 0.29) is 17.0 Å². The molecule has 26 heavy (non-hydrogen) atoms. The van der Waals surface area contributed by atoms with Gasteiger partial charge < -0.3 is 9.84 Å². The highest BCUT2D eigenvalue weighted by molar-refractivity contribution is 7.89. The van der Waals surface area contributed by atoms with Crippen LogP contribution in [0, 0.1) is 0 Å². The third kappa shape index (κ3) is 4.48.